The van der Waals surface area contributed by atoms with Crippen molar-refractivity contribution in [3.05, 3.63) is 46.7 Å². The molecular formula is C16H17ClN4O2. The van der Waals surface area contributed by atoms with E-state index in [4.69, 9.17) is 16.3 Å². The average Bonchev–Trinajstić information content (AvgIpc) is 2.60. The third kappa shape index (κ3) is 3.60. The van der Waals surface area contributed by atoms with E-state index in [-0.39, 0.29) is 5.91 Å². The molecule has 1 saturated heterocycles. The molecule has 1 amide bonds. The second-order valence-corrected chi connectivity index (χ2v) is 5.64. The fourth-order valence-electron chi connectivity index (χ4n) is 2.30. The molecule has 0 spiro atoms. The molecule has 1 N–H and O–H groups in total. The topological polar surface area (TPSA) is 67.4 Å². The number of halogens is 1. The Hall–Kier alpha value is -2.18. The second-order valence-electron chi connectivity index (χ2n) is 5.24. The molecule has 23 heavy (non-hydrogen) atoms. The lowest BCUT2D eigenvalue weighted by atomic mass is 10.2. The molecule has 2 aromatic rings. The molecule has 0 aliphatic carbocycles. The van der Waals surface area contributed by atoms with Crippen LogP contribution in [0.3, 0.4) is 0 Å². The third-order valence-corrected chi connectivity index (χ3v) is 4.12. The summed E-state index contributed by atoms with van der Waals surface area (Å²) in [6.07, 6.45) is 3.07. The first-order valence-electron chi connectivity index (χ1n) is 7.36. The maximum Gasteiger partial charge on any atom is 0.258 e. The van der Waals surface area contributed by atoms with Crippen molar-refractivity contribution >= 4 is 29.1 Å². The van der Waals surface area contributed by atoms with Crippen molar-refractivity contribution in [2.24, 2.45) is 0 Å². The fraction of sp³-hybridized carbons (Fsp3) is 0.312. The molecule has 1 aliphatic rings. The van der Waals surface area contributed by atoms with Crippen molar-refractivity contribution < 1.29 is 9.53 Å². The number of ether oxygens (including phenoxy) is 1. The van der Waals surface area contributed by atoms with Gasteiger partial charge in [-0.05, 0) is 24.6 Å². The van der Waals surface area contributed by atoms with Crippen LogP contribution >= 0.6 is 11.6 Å². The Morgan fingerprint density at radius 1 is 1.26 bits per heavy atom. The third-order valence-electron chi connectivity index (χ3n) is 3.71. The average molecular weight is 333 g/mol. The van der Waals surface area contributed by atoms with Crippen LogP contribution in [0.4, 0.5) is 11.6 Å². The molecule has 7 heteroatoms. The fourth-order valence-corrected chi connectivity index (χ4v) is 2.48. The maximum absolute atomic E-state index is 12.3. The van der Waals surface area contributed by atoms with Gasteiger partial charge in [-0.25, -0.2) is 9.97 Å². The monoisotopic (exact) mass is 332 g/mol. The summed E-state index contributed by atoms with van der Waals surface area (Å²) >= 11 is 6.06. The zero-order valence-electron chi connectivity index (χ0n) is 12.8. The number of benzene rings is 1. The molecule has 0 atom stereocenters. The minimum absolute atomic E-state index is 0.260. The number of hydrogen-bond acceptors (Lipinski definition) is 5. The maximum atomic E-state index is 12.3. The molecular weight excluding hydrogens is 316 g/mol. The van der Waals surface area contributed by atoms with Gasteiger partial charge in [0.1, 0.15) is 0 Å². The highest BCUT2D eigenvalue weighted by atomic mass is 35.5. The smallest absolute Gasteiger partial charge is 0.258 e. The first kappa shape index (κ1) is 15.7. The van der Waals surface area contributed by atoms with Crippen molar-refractivity contribution in [2.75, 3.05) is 36.5 Å². The van der Waals surface area contributed by atoms with Crippen molar-refractivity contribution in [3.8, 4) is 0 Å². The molecule has 0 unspecified atom stereocenters. The van der Waals surface area contributed by atoms with Gasteiger partial charge in [0.05, 0.1) is 18.8 Å². The predicted molar refractivity (Wildman–Crippen MR) is 89.2 cm³/mol. The minimum atomic E-state index is -0.260. The SMILES string of the molecule is Cc1c(Cl)cccc1NC(=O)c1cnc(N2CCOCC2)nc1. The lowest BCUT2D eigenvalue weighted by Gasteiger charge is -2.26. The van der Waals surface area contributed by atoms with Gasteiger partial charge in [0.2, 0.25) is 5.95 Å². The molecule has 1 aromatic heterocycles. The first-order valence-corrected chi connectivity index (χ1v) is 7.74. The Bertz CT molecular complexity index is 700. The predicted octanol–water partition coefficient (Wildman–Crippen LogP) is 2.53. The summed E-state index contributed by atoms with van der Waals surface area (Å²) in [5.74, 6) is 0.354. The summed E-state index contributed by atoms with van der Waals surface area (Å²) in [5, 5.41) is 3.44. The summed E-state index contributed by atoms with van der Waals surface area (Å²) in [7, 11) is 0. The number of carbonyl (C=O) groups is 1. The van der Waals surface area contributed by atoms with Crippen LogP contribution in [0.5, 0.6) is 0 Å². The number of morpholine rings is 1. The van der Waals surface area contributed by atoms with Crippen molar-refractivity contribution in [3.63, 3.8) is 0 Å². The van der Waals surface area contributed by atoms with Crippen LogP contribution in [-0.4, -0.2) is 42.2 Å². The zero-order valence-corrected chi connectivity index (χ0v) is 13.5. The van der Waals surface area contributed by atoms with Crippen LogP contribution in [0.2, 0.25) is 5.02 Å². The summed E-state index contributed by atoms with van der Waals surface area (Å²) in [6.45, 7) is 4.70. The molecule has 0 saturated carbocycles. The van der Waals surface area contributed by atoms with E-state index < -0.39 is 0 Å². The quantitative estimate of drug-likeness (QED) is 0.935. The number of rotatable bonds is 3. The minimum Gasteiger partial charge on any atom is -0.378 e. The van der Waals surface area contributed by atoms with Crippen molar-refractivity contribution in [2.45, 2.75) is 6.92 Å². The molecule has 6 nitrogen and oxygen atoms in total. The lowest BCUT2D eigenvalue weighted by Crippen LogP contribution is -2.37. The van der Waals surface area contributed by atoms with E-state index in [1.807, 2.05) is 17.9 Å². The number of hydrogen-bond donors (Lipinski definition) is 1. The number of amides is 1. The van der Waals surface area contributed by atoms with Crippen molar-refractivity contribution in [1.29, 1.82) is 0 Å². The first-order chi connectivity index (χ1) is 11.1. The molecule has 3 rings (SSSR count). The van der Waals surface area contributed by atoms with Crippen LogP contribution in [-0.2, 0) is 4.74 Å². The van der Waals surface area contributed by atoms with Crippen LogP contribution in [0, 0.1) is 6.92 Å². The van der Waals surface area contributed by atoms with E-state index >= 15 is 0 Å². The molecule has 1 aromatic carbocycles. The zero-order chi connectivity index (χ0) is 16.2. The summed E-state index contributed by atoms with van der Waals surface area (Å²) in [6, 6.07) is 5.39. The molecule has 1 fully saturated rings. The molecule has 120 valence electrons. The van der Waals surface area contributed by atoms with E-state index in [9.17, 15) is 4.79 Å². The highest BCUT2D eigenvalue weighted by molar-refractivity contribution is 6.31. The number of nitrogens with one attached hydrogen (secondary N) is 1. The summed E-state index contributed by atoms with van der Waals surface area (Å²) in [4.78, 5) is 22.9. The van der Waals surface area contributed by atoms with Gasteiger partial charge in [-0.3, -0.25) is 4.79 Å². The number of carbonyl (C=O) groups excluding carboxylic acids is 1. The summed E-state index contributed by atoms with van der Waals surface area (Å²) < 4.78 is 5.30. The van der Waals surface area contributed by atoms with Gasteiger partial charge in [0.25, 0.3) is 5.91 Å². The van der Waals surface area contributed by atoms with E-state index in [1.165, 1.54) is 12.4 Å². The van der Waals surface area contributed by atoms with E-state index in [2.05, 4.69) is 15.3 Å². The van der Waals surface area contributed by atoms with Gasteiger partial charge < -0.3 is 15.0 Å². The van der Waals surface area contributed by atoms with E-state index in [1.54, 1.807) is 12.1 Å². The highest BCUT2D eigenvalue weighted by Gasteiger charge is 2.15. The van der Waals surface area contributed by atoms with Gasteiger partial charge in [0, 0.05) is 36.2 Å². The normalized spacial score (nSPS) is 14.6. The highest BCUT2D eigenvalue weighted by Crippen LogP contribution is 2.23. The van der Waals surface area contributed by atoms with Crippen LogP contribution < -0.4 is 10.2 Å². The van der Waals surface area contributed by atoms with Gasteiger partial charge >= 0.3 is 0 Å². The van der Waals surface area contributed by atoms with Gasteiger partial charge in [-0.2, -0.15) is 0 Å². The Morgan fingerprint density at radius 2 is 1.96 bits per heavy atom. The number of anilines is 2. The Morgan fingerprint density at radius 3 is 2.65 bits per heavy atom. The molecule has 0 radical (unpaired) electrons. The van der Waals surface area contributed by atoms with Gasteiger partial charge in [-0.1, -0.05) is 17.7 Å². The van der Waals surface area contributed by atoms with Gasteiger partial charge in [-0.15, -0.1) is 0 Å². The van der Waals surface area contributed by atoms with Crippen LogP contribution in [0.15, 0.2) is 30.6 Å². The van der Waals surface area contributed by atoms with Crippen LogP contribution in [0.25, 0.3) is 0 Å². The van der Waals surface area contributed by atoms with Crippen LogP contribution in [0.1, 0.15) is 15.9 Å². The standard InChI is InChI=1S/C16H17ClN4O2/c1-11-13(17)3-2-4-14(11)20-15(22)12-9-18-16(19-10-12)21-5-7-23-8-6-21/h2-4,9-10H,5-8H2,1H3,(H,20,22). The Kier molecular flexibility index (Phi) is 4.73. The Balaban J connectivity index is 1.71. The molecule has 2 heterocycles. The van der Waals surface area contributed by atoms with E-state index in [0.29, 0.717) is 35.4 Å². The lowest BCUT2D eigenvalue weighted by molar-refractivity contribution is 0.102. The van der Waals surface area contributed by atoms with Crippen molar-refractivity contribution in [1.82, 2.24) is 9.97 Å². The Labute approximate surface area is 139 Å². The largest absolute Gasteiger partial charge is 0.378 e. The molecule has 0 bridgehead atoms. The number of aromatic nitrogens is 2. The second kappa shape index (κ2) is 6.93. The van der Waals surface area contributed by atoms with Gasteiger partial charge in [0.15, 0.2) is 0 Å². The number of nitrogens with zero attached hydrogens (tertiary/aromatic N) is 3. The van der Waals surface area contributed by atoms with E-state index in [0.717, 1.165) is 18.7 Å². The molecule has 1 aliphatic heterocycles. The summed E-state index contributed by atoms with van der Waals surface area (Å²) in [5.41, 5.74) is 1.91.